The second-order valence-electron chi connectivity index (χ2n) is 5.07. The van der Waals surface area contributed by atoms with Crippen LogP contribution in [0.25, 0.3) is 0 Å². The van der Waals surface area contributed by atoms with Crippen LogP contribution >= 0.6 is 0 Å². The summed E-state index contributed by atoms with van der Waals surface area (Å²) >= 11 is 0. The number of amides is 1. The first kappa shape index (κ1) is 18.4. The van der Waals surface area contributed by atoms with Crippen molar-refractivity contribution in [3.8, 4) is 6.07 Å². The number of nitriles is 1. The minimum absolute atomic E-state index is 0.0312. The van der Waals surface area contributed by atoms with E-state index in [4.69, 9.17) is 10.00 Å². The summed E-state index contributed by atoms with van der Waals surface area (Å²) in [6, 6.07) is 13.7. The Kier molecular flexibility index (Phi) is 6.11. The lowest BCUT2D eigenvalue weighted by atomic mass is 10.2. The fourth-order valence-electron chi connectivity index (χ4n) is 2.00. The molecule has 2 N–H and O–H groups in total. The van der Waals surface area contributed by atoms with Gasteiger partial charge < -0.3 is 10.1 Å². The van der Waals surface area contributed by atoms with Gasteiger partial charge in [-0.25, -0.2) is 8.42 Å². The van der Waals surface area contributed by atoms with Crippen LogP contribution in [0.4, 0.5) is 5.69 Å². The zero-order valence-corrected chi connectivity index (χ0v) is 14.3. The van der Waals surface area contributed by atoms with Crippen molar-refractivity contribution in [3.63, 3.8) is 0 Å². The van der Waals surface area contributed by atoms with E-state index in [-0.39, 0.29) is 16.4 Å². The molecule has 8 heteroatoms. The molecule has 2 rings (SSSR count). The molecule has 0 aliphatic rings. The van der Waals surface area contributed by atoms with Crippen LogP contribution < -0.4 is 10.0 Å². The molecule has 0 bridgehead atoms. The third-order valence-electron chi connectivity index (χ3n) is 3.26. The van der Waals surface area contributed by atoms with Gasteiger partial charge in [-0.05, 0) is 42.5 Å². The Balaban J connectivity index is 2.17. The van der Waals surface area contributed by atoms with Crippen molar-refractivity contribution >= 4 is 21.6 Å². The van der Waals surface area contributed by atoms with Crippen molar-refractivity contribution < 1.29 is 17.9 Å². The van der Waals surface area contributed by atoms with Crippen LogP contribution in [0.2, 0.25) is 0 Å². The van der Waals surface area contributed by atoms with Crippen molar-refractivity contribution in [1.82, 2.24) is 5.32 Å². The number of nitrogens with zero attached hydrogens (tertiary/aromatic N) is 1. The van der Waals surface area contributed by atoms with E-state index in [0.29, 0.717) is 24.4 Å². The SMILES string of the molecule is COCCNC(=O)c1cccc(S(=O)(=O)Nc2ccc(C#N)cc2)c1. The lowest BCUT2D eigenvalue weighted by Gasteiger charge is -2.10. The van der Waals surface area contributed by atoms with Crippen LogP contribution in [0.3, 0.4) is 0 Å². The molecule has 0 aromatic heterocycles. The molecule has 2 aromatic carbocycles. The number of anilines is 1. The number of ether oxygens (including phenoxy) is 1. The summed E-state index contributed by atoms with van der Waals surface area (Å²) < 4.78 is 32.2. The number of methoxy groups -OCH3 is 1. The summed E-state index contributed by atoms with van der Waals surface area (Å²) in [5, 5.41) is 11.4. The Morgan fingerprint density at radius 1 is 1.20 bits per heavy atom. The molecule has 2 aromatic rings. The molecule has 1 amide bonds. The van der Waals surface area contributed by atoms with Crippen molar-refractivity contribution in [2.45, 2.75) is 4.90 Å². The molecule has 7 nitrogen and oxygen atoms in total. The minimum Gasteiger partial charge on any atom is -0.383 e. The number of benzene rings is 2. The van der Waals surface area contributed by atoms with E-state index in [1.54, 1.807) is 0 Å². The second-order valence-corrected chi connectivity index (χ2v) is 6.75. The van der Waals surface area contributed by atoms with Gasteiger partial charge in [0.25, 0.3) is 15.9 Å². The van der Waals surface area contributed by atoms with Gasteiger partial charge in [0, 0.05) is 24.9 Å². The van der Waals surface area contributed by atoms with Gasteiger partial charge in [0.15, 0.2) is 0 Å². The molecule has 0 saturated carbocycles. The van der Waals surface area contributed by atoms with Crippen LogP contribution in [-0.2, 0) is 14.8 Å². The summed E-state index contributed by atoms with van der Waals surface area (Å²) in [6.45, 7) is 0.694. The van der Waals surface area contributed by atoms with E-state index in [2.05, 4.69) is 10.0 Å². The molecule has 0 spiro atoms. The average Bonchev–Trinajstić information content (AvgIpc) is 2.62. The minimum atomic E-state index is -3.85. The first-order valence-electron chi connectivity index (χ1n) is 7.36. The maximum Gasteiger partial charge on any atom is 0.261 e. The van der Waals surface area contributed by atoms with E-state index in [9.17, 15) is 13.2 Å². The number of nitrogens with one attached hydrogen (secondary N) is 2. The third-order valence-corrected chi connectivity index (χ3v) is 4.64. The average molecular weight is 359 g/mol. The number of hydrogen-bond donors (Lipinski definition) is 2. The zero-order chi connectivity index (χ0) is 18.3. The lowest BCUT2D eigenvalue weighted by Crippen LogP contribution is -2.27. The number of sulfonamides is 1. The Bertz CT molecular complexity index is 887. The smallest absolute Gasteiger partial charge is 0.261 e. The van der Waals surface area contributed by atoms with Gasteiger partial charge in [-0.1, -0.05) is 6.07 Å². The van der Waals surface area contributed by atoms with Gasteiger partial charge in [0.2, 0.25) is 0 Å². The van der Waals surface area contributed by atoms with Gasteiger partial charge in [-0.2, -0.15) is 5.26 Å². The summed E-state index contributed by atoms with van der Waals surface area (Å²) in [6.07, 6.45) is 0. The molecule has 0 saturated heterocycles. The molecule has 0 radical (unpaired) electrons. The van der Waals surface area contributed by atoms with Crippen LogP contribution in [0.15, 0.2) is 53.4 Å². The highest BCUT2D eigenvalue weighted by molar-refractivity contribution is 7.92. The molecule has 0 aliphatic heterocycles. The van der Waals surface area contributed by atoms with Gasteiger partial charge in [-0.15, -0.1) is 0 Å². The van der Waals surface area contributed by atoms with Crippen LogP contribution in [0.1, 0.15) is 15.9 Å². The molecule has 0 fully saturated rings. The molecule has 0 heterocycles. The summed E-state index contributed by atoms with van der Waals surface area (Å²) in [5.74, 6) is -0.382. The maximum atomic E-state index is 12.5. The highest BCUT2D eigenvalue weighted by Crippen LogP contribution is 2.17. The molecule has 0 aliphatic carbocycles. The maximum absolute atomic E-state index is 12.5. The van der Waals surface area contributed by atoms with Gasteiger partial charge in [0.1, 0.15) is 0 Å². The Morgan fingerprint density at radius 3 is 2.56 bits per heavy atom. The first-order valence-corrected chi connectivity index (χ1v) is 8.85. The molecule has 25 heavy (non-hydrogen) atoms. The Labute approximate surface area is 146 Å². The monoisotopic (exact) mass is 359 g/mol. The zero-order valence-electron chi connectivity index (χ0n) is 13.5. The number of carbonyl (C=O) groups excluding carboxylic acids is 1. The van der Waals surface area contributed by atoms with Gasteiger partial charge in [-0.3, -0.25) is 9.52 Å². The van der Waals surface area contributed by atoms with Crippen LogP contribution in [0.5, 0.6) is 0 Å². The molecule has 0 atom stereocenters. The lowest BCUT2D eigenvalue weighted by molar-refractivity contribution is 0.0937. The predicted octanol–water partition coefficient (Wildman–Crippen LogP) is 1.74. The largest absolute Gasteiger partial charge is 0.383 e. The molecule has 0 unspecified atom stereocenters. The summed E-state index contributed by atoms with van der Waals surface area (Å²) in [4.78, 5) is 12.0. The van der Waals surface area contributed by atoms with Crippen molar-refractivity contribution in [1.29, 1.82) is 5.26 Å². The predicted molar refractivity (Wildman–Crippen MR) is 92.6 cm³/mol. The normalized spacial score (nSPS) is 10.7. The van der Waals surface area contributed by atoms with Crippen LogP contribution in [0, 0.1) is 11.3 Å². The standard InChI is InChI=1S/C17H17N3O4S/c1-24-10-9-19-17(21)14-3-2-4-16(11-14)25(22,23)20-15-7-5-13(12-18)6-8-15/h2-8,11,20H,9-10H2,1H3,(H,19,21). The van der Waals surface area contributed by atoms with Crippen molar-refractivity contribution in [3.05, 3.63) is 59.7 Å². The van der Waals surface area contributed by atoms with E-state index in [1.165, 1.54) is 55.6 Å². The van der Waals surface area contributed by atoms with E-state index in [1.807, 2.05) is 6.07 Å². The quantitative estimate of drug-likeness (QED) is 0.732. The highest BCUT2D eigenvalue weighted by Gasteiger charge is 2.16. The van der Waals surface area contributed by atoms with Gasteiger partial charge in [0.05, 0.1) is 23.1 Å². The van der Waals surface area contributed by atoms with E-state index >= 15 is 0 Å². The topological polar surface area (TPSA) is 108 Å². The molecule has 130 valence electrons. The fourth-order valence-corrected chi connectivity index (χ4v) is 3.10. The van der Waals surface area contributed by atoms with Gasteiger partial charge >= 0.3 is 0 Å². The number of hydrogen-bond acceptors (Lipinski definition) is 5. The molecular weight excluding hydrogens is 342 g/mol. The second kappa shape index (κ2) is 8.28. The Hall–Kier alpha value is -2.89. The van der Waals surface area contributed by atoms with Crippen molar-refractivity contribution in [2.24, 2.45) is 0 Å². The number of rotatable bonds is 7. The number of carbonyl (C=O) groups is 1. The molecular formula is C17H17N3O4S. The van der Waals surface area contributed by atoms with E-state index < -0.39 is 10.0 Å². The van der Waals surface area contributed by atoms with Crippen LogP contribution in [-0.4, -0.2) is 34.6 Å². The Morgan fingerprint density at radius 2 is 1.92 bits per heavy atom. The fraction of sp³-hybridized carbons (Fsp3) is 0.176. The highest BCUT2D eigenvalue weighted by atomic mass is 32.2. The van der Waals surface area contributed by atoms with E-state index in [0.717, 1.165) is 0 Å². The van der Waals surface area contributed by atoms with Crippen molar-refractivity contribution in [2.75, 3.05) is 25.0 Å². The summed E-state index contributed by atoms with van der Waals surface area (Å²) in [5.41, 5.74) is 0.991. The first-order chi connectivity index (χ1) is 12.0. The third kappa shape index (κ3) is 5.04. The summed E-state index contributed by atoms with van der Waals surface area (Å²) in [7, 11) is -2.33.